The third-order valence-corrected chi connectivity index (χ3v) is 3.87. The molecule has 0 radical (unpaired) electrons. The molecule has 3 nitrogen and oxygen atoms in total. The molecule has 0 fully saturated rings. The number of rotatable bonds is 1. The second-order valence-corrected chi connectivity index (χ2v) is 5.07. The number of carbonyl (C=O) groups excluding carboxylic acids is 1. The first-order valence-corrected chi connectivity index (χ1v) is 6.56. The summed E-state index contributed by atoms with van der Waals surface area (Å²) in [5, 5.41) is 5.00. The summed E-state index contributed by atoms with van der Waals surface area (Å²) < 4.78 is 0. The van der Waals surface area contributed by atoms with E-state index in [0.717, 1.165) is 24.0 Å². The zero-order valence-corrected chi connectivity index (χ0v) is 10.0. The van der Waals surface area contributed by atoms with Crippen LogP contribution in [0.5, 0.6) is 0 Å². The third-order valence-electron chi connectivity index (χ3n) is 2.92. The number of thioether (sulfide) groups is 1. The SMILES string of the molecule is O=C1NC2SC=CC2=CN=C1C1=CC=CCC1. The molecule has 17 heavy (non-hydrogen) atoms. The minimum Gasteiger partial charge on any atom is -0.334 e. The van der Waals surface area contributed by atoms with Crippen LogP contribution in [0.1, 0.15) is 12.8 Å². The average molecular weight is 244 g/mol. The van der Waals surface area contributed by atoms with E-state index in [2.05, 4.69) is 16.4 Å². The predicted molar refractivity (Wildman–Crippen MR) is 70.6 cm³/mol. The van der Waals surface area contributed by atoms with E-state index in [9.17, 15) is 4.79 Å². The summed E-state index contributed by atoms with van der Waals surface area (Å²) in [6.07, 6.45) is 11.7. The van der Waals surface area contributed by atoms with Crippen molar-refractivity contribution < 1.29 is 4.79 Å². The molecule has 4 heteroatoms. The highest BCUT2D eigenvalue weighted by Crippen LogP contribution is 2.29. The van der Waals surface area contributed by atoms with Crippen molar-refractivity contribution in [2.75, 3.05) is 0 Å². The van der Waals surface area contributed by atoms with Crippen LogP contribution >= 0.6 is 11.8 Å². The number of hydrogen-bond donors (Lipinski definition) is 1. The van der Waals surface area contributed by atoms with Gasteiger partial charge in [-0.1, -0.05) is 18.2 Å². The van der Waals surface area contributed by atoms with Crippen LogP contribution in [-0.4, -0.2) is 17.0 Å². The lowest BCUT2D eigenvalue weighted by molar-refractivity contribution is -0.114. The molecule has 1 atom stereocenters. The lowest BCUT2D eigenvalue weighted by atomic mass is 10.00. The molecule has 0 aromatic rings. The van der Waals surface area contributed by atoms with E-state index < -0.39 is 0 Å². The fourth-order valence-corrected chi connectivity index (χ4v) is 2.87. The quantitative estimate of drug-likeness (QED) is 0.769. The van der Waals surface area contributed by atoms with Gasteiger partial charge in [-0.3, -0.25) is 9.79 Å². The summed E-state index contributed by atoms with van der Waals surface area (Å²) in [5.41, 5.74) is 2.64. The molecule has 3 rings (SSSR count). The molecule has 0 saturated heterocycles. The topological polar surface area (TPSA) is 41.5 Å². The van der Waals surface area contributed by atoms with Gasteiger partial charge in [0.25, 0.3) is 5.91 Å². The Hall–Kier alpha value is -1.55. The zero-order valence-electron chi connectivity index (χ0n) is 9.22. The van der Waals surface area contributed by atoms with Gasteiger partial charge in [0, 0.05) is 11.8 Å². The van der Waals surface area contributed by atoms with Gasteiger partial charge in [-0.25, -0.2) is 0 Å². The van der Waals surface area contributed by atoms with Crippen molar-refractivity contribution in [3.63, 3.8) is 0 Å². The van der Waals surface area contributed by atoms with E-state index in [1.807, 2.05) is 23.6 Å². The van der Waals surface area contributed by atoms with Gasteiger partial charge in [0.1, 0.15) is 11.1 Å². The number of hydrogen-bond acceptors (Lipinski definition) is 3. The Balaban J connectivity index is 1.94. The normalized spacial score (nSPS) is 26.7. The van der Waals surface area contributed by atoms with Crippen LogP contribution in [0.25, 0.3) is 0 Å². The first kappa shape index (κ1) is 10.6. The summed E-state index contributed by atoms with van der Waals surface area (Å²) in [5.74, 6) is -0.0704. The minimum atomic E-state index is -0.0704. The Morgan fingerprint density at radius 2 is 2.41 bits per heavy atom. The largest absolute Gasteiger partial charge is 0.334 e. The van der Waals surface area contributed by atoms with Crippen molar-refractivity contribution >= 4 is 23.4 Å². The molecule has 2 heterocycles. The molecular weight excluding hydrogens is 232 g/mol. The Bertz CT molecular complexity index is 512. The first-order valence-electron chi connectivity index (χ1n) is 5.61. The van der Waals surface area contributed by atoms with E-state index >= 15 is 0 Å². The zero-order chi connectivity index (χ0) is 11.7. The summed E-state index contributed by atoms with van der Waals surface area (Å²) in [7, 11) is 0. The van der Waals surface area contributed by atoms with Gasteiger partial charge in [0.15, 0.2) is 0 Å². The Labute approximate surface area is 104 Å². The monoisotopic (exact) mass is 244 g/mol. The molecule has 0 aromatic heterocycles. The number of carbonyl (C=O) groups is 1. The number of nitrogens with one attached hydrogen (secondary N) is 1. The number of aliphatic imine (C=N–C) groups is 1. The molecule has 3 aliphatic rings. The highest BCUT2D eigenvalue weighted by molar-refractivity contribution is 8.03. The van der Waals surface area contributed by atoms with Gasteiger partial charge >= 0.3 is 0 Å². The fourth-order valence-electron chi connectivity index (χ4n) is 2.00. The van der Waals surface area contributed by atoms with Crippen molar-refractivity contribution in [1.29, 1.82) is 0 Å². The van der Waals surface area contributed by atoms with E-state index in [-0.39, 0.29) is 11.3 Å². The van der Waals surface area contributed by atoms with Crippen molar-refractivity contribution in [1.82, 2.24) is 5.32 Å². The maximum absolute atomic E-state index is 12.1. The van der Waals surface area contributed by atoms with Gasteiger partial charge in [0.05, 0.1) is 0 Å². The fraction of sp³-hybridized carbons (Fsp3) is 0.231. The van der Waals surface area contributed by atoms with Crippen molar-refractivity contribution in [3.8, 4) is 0 Å². The van der Waals surface area contributed by atoms with Crippen LogP contribution < -0.4 is 5.32 Å². The molecule has 1 aliphatic carbocycles. The molecule has 2 aliphatic heterocycles. The van der Waals surface area contributed by atoms with Crippen LogP contribution in [0.3, 0.4) is 0 Å². The molecule has 1 amide bonds. The summed E-state index contributed by atoms with van der Waals surface area (Å²) in [6.45, 7) is 0. The Morgan fingerprint density at radius 1 is 1.47 bits per heavy atom. The van der Waals surface area contributed by atoms with E-state index in [4.69, 9.17) is 0 Å². The maximum Gasteiger partial charge on any atom is 0.271 e. The molecule has 1 unspecified atom stereocenters. The second kappa shape index (κ2) is 4.37. The molecular formula is C13H12N2OS. The van der Waals surface area contributed by atoms with Crippen LogP contribution in [-0.2, 0) is 4.79 Å². The van der Waals surface area contributed by atoms with E-state index in [1.165, 1.54) is 0 Å². The third kappa shape index (κ3) is 2.00. The van der Waals surface area contributed by atoms with Crippen molar-refractivity contribution in [2.24, 2.45) is 4.99 Å². The number of nitrogens with zero attached hydrogens (tertiary/aromatic N) is 1. The molecule has 0 saturated carbocycles. The smallest absolute Gasteiger partial charge is 0.271 e. The van der Waals surface area contributed by atoms with Crippen LogP contribution in [0.2, 0.25) is 0 Å². The molecule has 86 valence electrons. The number of amides is 1. The minimum absolute atomic E-state index is 0.0310. The molecule has 0 aromatic carbocycles. The van der Waals surface area contributed by atoms with Gasteiger partial charge in [-0.05, 0) is 29.9 Å². The predicted octanol–water partition coefficient (Wildman–Crippen LogP) is 2.30. The average Bonchev–Trinajstić information content (AvgIpc) is 2.72. The van der Waals surface area contributed by atoms with Gasteiger partial charge < -0.3 is 5.32 Å². The number of fused-ring (bicyclic) bond motifs is 1. The Kier molecular flexibility index (Phi) is 2.73. The second-order valence-electron chi connectivity index (χ2n) is 4.06. The summed E-state index contributed by atoms with van der Waals surface area (Å²) in [4.78, 5) is 16.4. The lowest BCUT2D eigenvalue weighted by Gasteiger charge is -2.13. The molecule has 1 N–H and O–H groups in total. The highest BCUT2D eigenvalue weighted by Gasteiger charge is 2.26. The lowest BCUT2D eigenvalue weighted by Crippen LogP contribution is -2.36. The first-order chi connectivity index (χ1) is 8.34. The van der Waals surface area contributed by atoms with Gasteiger partial charge in [-0.15, -0.1) is 11.8 Å². The van der Waals surface area contributed by atoms with Gasteiger partial charge in [-0.2, -0.15) is 0 Å². The molecule has 0 spiro atoms. The van der Waals surface area contributed by atoms with Crippen molar-refractivity contribution in [3.05, 3.63) is 47.1 Å². The van der Waals surface area contributed by atoms with Crippen LogP contribution in [0.4, 0.5) is 0 Å². The highest BCUT2D eigenvalue weighted by atomic mass is 32.2. The van der Waals surface area contributed by atoms with Crippen molar-refractivity contribution in [2.45, 2.75) is 18.2 Å². The van der Waals surface area contributed by atoms with Crippen LogP contribution in [0.15, 0.2) is 52.1 Å². The number of allylic oxidation sites excluding steroid dienone is 3. The maximum atomic E-state index is 12.1. The van der Waals surface area contributed by atoms with Crippen LogP contribution in [0, 0.1) is 0 Å². The van der Waals surface area contributed by atoms with Gasteiger partial charge in [0.2, 0.25) is 0 Å². The summed E-state index contributed by atoms with van der Waals surface area (Å²) in [6, 6.07) is 0. The molecule has 0 bridgehead atoms. The van der Waals surface area contributed by atoms with E-state index in [1.54, 1.807) is 18.0 Å². The van der Waals surface area contributed by atoms with E-state index in [0.29, 0.717) is 5.71 Å². The standard InChI is InChI=1S/C13H12N2OS/c16-12-11(9-4-2-1-3-5-9)14-8-10-6-7-17-13(10)15-12/h1-2,4,6-8,13H,3,5H2,(H,15,16). The summed E-state index contributed by atoms with van der Waals surface area (Å²) >= 11 is 1.60. The Morgan fingerprint density at radius 3 is 3.24 bits per heavy atom.